The lowest BCUT2D eigenvalue weighted by atomic mass is 10.3. The third-order valence-corrected chi connectivity index (χ3v) is 1.86. The van der Waals surface area contributed by atoms with Crippen molar-refractivity contribution < 1.29 is 0 Å². The molecule has 2 aromatic rings. The van der Waals surface area contributed by atoms with Crippen molar-refractivity contribution in [2.24, 2.45) is 5.73 Å². The molecule has 5 nitrogen and oxygen atoms in total. The summed E-state index contributed by atoms with van der Waals surface area (Å²) in [6.07, 6.45) is 6.96. The van der Waals surface area contributed by atoms with E-state index in [1.54, 1.807) is 29.3 Å². The predicted octanol–water partition coefficient (Wildman–Crippen LogP) is 0.373. The van der Waals surface area contributed by atoms with Crippen molar-refractivity contribution in [1.82, 2.24) is 19.7 Å². The second-order valence-electron chi connectivity index (χ2n) is 2.94. The zero-order valence-electron chi connectivity index (χ0n) is 7.61. The Morgan fingerprint density at radius 1 is 1.21 bits per heavy atom. The SMILES string of the molecule is NC(Cn1cccn1)c1ncccn1. The summed E-state index contributed by atoms with van der Waals surface area (Å²) in [5.41, 5.74) is 5.90. The van der Waals surface area contributed by atoms with Crippen molar-refractivity contribution in [2.45, 2.75) is 12.6 Å². The van der Waals surface area contributed by atoms with Crippen molar-refractivity contribution >= 4 is 0 Å². The van der Waals surface area contributed by atoms with Gasteiger partial charge in [-0.25, -0.2) is 9.97 Å². The Morgan fingerprint density at radius 3 is 2.64 bits per heavy atom. The Hall–Kier alpha value is -1.75. The summed E-state index contributed by atoms with van der Waals surface area (Å²) < 4.78 is 1.76. The highest BCUT2D eigenvalue weighted by molar-refractivity contribution is 4.94. The summed E-state index contributed by atoms with van der Waals surface area (Å²) in [5, 5.41) is 4.06. The average Bonchev–Trinajstić information content (AvgIpc) is 2.72. The molecule has 0 saturated carbocycles. The highest BCUT2D eigenvalue weighted by Crippen LogP contribution is 2.04. The topological polar surface area (TPSA) is 69.6 Å². The van der Waals surface area contributed by atoms with Gasteiger partial charge in [-0.15, -0.1) is 0 Å². The van der Waals surface area contributed by atoms with Gasteiger partial charge in [0.2, 0.25) is 0 Å². The van der Waals surface area contributed by atoms with Crippen LogP contribution in [0.2, 0.25) is 0 Å². The maximum Gasteiger partial charge on any atom is 0.146 e. The summed E-state index contributed by atoms with van der Waals surface area (Å²) in [4.78, 5) is 8.16. The molecule has 0 aromatic carbocycles. The lowest BCUT2D eigenvalue weighted by molar-refractivity contribution is 0.508. The molecule has 1 atom stereocenters. The average molecular weight is 189 g/mol. The summed E-state index contributed by atoms with van der Waals surface area (Å²) in [6, 6.07) is 3.42. The van der Waals surface area contributed by atoms with Gasteiger partial charge in [-0.1, -0.05) is 0 Å². The molecule has 5 heteroatoms. The fraction of sp³-hybridized carbons (Fsp3) is 0.222. The lowest BCUT2D eigenvalue weighted by Gasteiger charge is -2.09. The molecule has 72 valence electrons. The molecule has 2 heterocycles. The van der Waals surface area contributed by atoms with E-state index >= 15 is 0 Å². The van der Waals surface area contributed by atoms with E-state index in [9.17, 15) is 0 Å². The van der Waals surface area contributed by atoms with E-state index in [1.807, 2.05) is 12.3 Å². The Morgan fingerprint density at radius 2 is 2.00 bits per heavy atom. The molecule has 0 spiro atoms. The second kappa shape index (κ2) is 3.97. The first-order valence-electron chi connectivity index (χ1n) is 4.36. The minimum Gasteiger partial charge on any atom is -0.320 e. The molecule has 0 aliphatic heterocycles. The molecule has 1 unspecified atom stereocenters. The van der Waals surface area contributed by atoms with E-state index in [-0.39, 0.29) is 6.04 Å². The van der Waals surface area contributed by atoms with Crippen LogP contribution in [0.3, 0.4) is 0 Å². The quantitative estimate of drug-likeness (QED) is 0.757. The number of nitrogens with two attached hydrogens (primary N) is 1. The van der Waals surface area contributed by atoms with Gasteiger partial charge in [-0.2, -0.15) is 5.10 Å². The Kier molecular flexibility index (Phi) is 2.51. The van der Waals surface area contributed by atoms with E-state index in [0.717, 1.165) is 0 Å². The monoisotopic (exact) mass is 189 g/mol. The van der Waals surface area contributed by atoms with Crippen LogP contribution in [0.5, 0.6) is 0 Å². The third kappa shape index (κ3) is 1.94. The molecule has 2 aromatic heterocycles. The fourth-order valence-electron chi connectivity index (χ4n) is 1.19. The van der Waals surface area contributed by atoms with Crippen LogP contribution in [0.1, 0.15) is 11.9 Å². The van der Waals surface area contributed by atoms with Crippen molar-refractivity contribution in [3.8, 4) is 0 Å². The minimum absolute atomic E-state index is 0.212. The number of hydrogen-bond acceptors (Lipinski definition) is 4. The van der Waals surface area contributed by atoms with Gasteiger partial charge in [0.25, 0.3) is 0 Å². The molecule has 0 amide bonds. The third-order valence-electron chi connectivity index (χ3n) is 1.86. The van der Waals surface area contributed by atoms with Gasteiger partial charge < -0.3 is 5.73 Å². The maximum absolute atomic E-state index is 5.90. The van der Waals surface area contributed by atoms with E-state index in [2.05, 4.69) is 15.1 Å². The summed E-state index contributed by atoms with van der Waals surface area (Å²) in [5.74, 6) is 0.642. The molecule has 0 fully saturated rings. The number of nitrogens with zero attached hydrogens (tertiary/aromatic N) is 4. The molecule has 0 bridgehead atoms. The maximum atomic E-state index is 5.90. The number of aromatic nitrogens is 4. The van der Waals surface area contributed by atoms with Gasteiger partial charge >= 0.3 is 0 Å². The van der Waals surface area contributed by atoms with Gasteiger partial charge in [-0.05, 0) is 12.1 Å². The normalized spacial score (nSPS) is 12.6. The largest absolute Gasteiger partial charge is 0.320 e. The van der Waals surface area contributed by atoms with Crippen LogP contribution in [-0.2, 0) is 6.54 Å². The fourth-order valence-corrected chi connectivity index (χ4v) is 1.19. The van der Waals surface area contributed by atoms with Gasteiger partial charge in [0.05, 0.1) is 12.6 Å². The Labute approximate surface area is 81.6 Å². The summed E-state index contributed by atoms with van der Waals surface area (Å²) in [6.45, 7) is 0.594. The molecule has 0 radical (unpaired) electrons. The highest BCUT2D eigenvalue weighted by atomic mass is 15.3. The van der Waals surface area contributed by atoms with E-state index in [0.29, 0.717) is 12.4 Å². The zero-order chi connectivity index (χ0) is 9.80. The van der Waals surface area contributed by atoms with Crippen LogP contribution >= 0.6 is 0 Å². The van der Waals surface area contributed by atoms with Crippen LogP contribution in [0.4, 0.5) is 0 Å². The first kappa shape index (κ1) is 8.83. The van der Waals surface area contributed by atoms with Crippen molar-refractivity contribution in [3.63, 3.8) is 0 Å². The van der Waals surface area contributed by atoms with Gasteiger partial charge in [-0.3, -0.25) is 4.68 Å². The lowest BCUT2D eigenvalue weighted by Crippen LogP contribution is -2.20. The molecule has 0 saturated heterocycles. The van der Waals surface area contributed by atoms with E-state index in [4.69, 9.17) is 5.73 Å². The van der Waals surface area contributed by atoms with Gasteiger partial charge in [0, 0.05) is 24.8 Å². The van der Waals surface area contributed by atoms with Crippen LogP contribution in [0.15, 0.2) is 36.9 Å². The molecule has 0 aliphatic carbocycles. The molecule has 0 aliphatic rings. The first-order chi connectivity index (χ1) is 6.86. The molecule has 2 rings (SSSR count). The van der Waals surface area contributed by atoms with Crippen molar-refractivity contribution in [3.05, 3.63) is 42.7 Å². The minimum atomic E-state index is -0.212. The van der Waals surface area contributed by atoms with Crippen LogP contribution in [0.25, 0.3) is 0 Å². The zero-order valence-corrected chi connectivity index (χ0v) is 7.61. The van der Waals surface area contributed by atoms with Crippen LogP contribution in [0, 0.1) is 0 Å². The summed E-state index contributed by atoms with van der Waals surface area (Å²) >= 11 is 0. The summed E-state index contributed by atoms with van der Waals surface area (Å²) in [7, 11) is 0. The Bertz CT molecular complexity index is 369. The molecule has 14 heavy (non-hydrogen) atoms. The van der Waals surface area contributed by atoms with Crippen LogP contribution in [-0.4, -0.2) is 19.7 Å². The molecule has 2 N–H and O–H groups in total. The van der Waals surface area contributed by atoms with Crippen molar-refractivity contribution in [2.75, 3.05) is 0 Å². The number of rotatable bonds is 3. The van der Waals surface area contributed by atoms with Crippen molar-refractivity contribution in [1.29, 1.82) is 0 Å². The number of hydrogen-bond donors (Lipinski definition) is 1. The first-order valence-corrected chi connectivity index (χ1v) is 4.36. The van der Waals surface area contributed by atoms with Crippen LogP contribution < -0.4 is 5.73 Å². The smallest absolute Gasteiger partial charge is 0.146 e. The molecular formula is C9H11N5. The highest BCUT2D eigenvalue weighted by Gasteiger charge is 2.08. The van der Waals surface area contributed by atoms with E-state index < -0.39 is 0 Å². The standard InChI is InChI=1S/C9H11N5/c10-8(7-14-6-2-5-13-14)9-11-3-1-4-12-9/h1-6,8H,7,10H2. The molecular weight excluding hydrogens is 178 g/mol. The van der Waals surface area contributed by atoms with E-state index in [1.165, 1.54) is 0 Å². The van der Waals surface area contributed by atoms with Gasteiger partial charge in [0.1, 0.15) is 5.82 Å². The Balaban J connectivity index is 2.07. The van der Waals surface area contributed by atoms with Gasteiger partial charge in [0.15, 0.2) is 0 Å². The second-order valence-corrected chi connectivity index (χ2v) is 2.94. The predicted molar refractivity (Wildman–Crippen MR) is 51.2 cm³/mol.